The molecule has 0 aromatic heterocycles. The maximum atomic E-state index is 12.5. The first-order valence-corrected chi connectivity index (χ1v) is 8.43. The second-order valence-corrected chi connectivity index (χ2v) is 7.46. The van der Waals surface area contributed by atoms with E-state index < -0.39 is 19.5 Å². The zero-order chi connectivity index (χ0) is 14.6. The first-order valence-electron chi connectivity index (χ1n) is 5.61. The normalized spacial score (nSPS) is 15.7. The minimum absolute atomic E-state index is 0.455. The molecule has 7 heteroatoms. The number of ether oxygens (including phenoxy) is 1. The van der Waals surface area contributed by atoms with E-state index in [2.05, 4.69) is 20.7 Å². The van der Waals surface area contributed by atoms with Gasteiger partial charge in [-0.05, 0) is 38.2 Å². The van der Waals surface area contributed by atoms with Crippen molar-refractivity contribution in [2.24, 2.45) is 0 Å². The summed E-state index contributed by atoms with van der Waals surface area (Å²) in [6.45, 7) is 3.08. The van der Waals surface area contributed by atoms with Gasteiger partial charge in [0.2, 0.25) is 0 Å². The average molecular weight is 350 g/mol. The lowest BCUT2D eigenvalue weighted by atomic mass is 10.3. The largest absolute Gasteiger partial charge is 0.468 e. The summed E-state index contributed by atoms with van der Waals surface area (Å²) in [5.74, 6) is 0.0296. The van der Waals surface area contributed by atoms with E-state index in [9.17, 15) is 9.36 Å². The third kappa shape index (κ3) is 4.34. The second kappa shape index (κ2) is 6.55. The number of esters is 1. The molecule has 0 saturated carbocycles. The summed E-state index contributed by atoms with van der Waals surface area (Å²) in [4.78, 5) is 11.5. The number of halogens is 1. The van der Waals surface area contributed by atoms with Gasteiger partial charge in [-0.25, -0.2) is 4.67 Å². The van der Waals surface area contributed by atoms with E-state index in [0.29, 0.717) is 5.75 Å². The van der Waals surface area contributed by atoms with Crippen LogP contribution in [0.15, 0.2) is 28.7 Å². The van der Waals surface area contributed by atoms with Crippen LogP contribution in [-0.2, 0) is 14.1 Å². The number of hydrogen-bond donors (Lipinski definition) is 0. The molecule has 0 spiro atoms. The molecule has 19 heavy (non-hydrogen) atoms. The maximum Gasteiger partial charge on any atom is 0.323 e. The quantitative estimate of drug-likeness (QED) is 0.603. The molecule has 0 amide bonds. The Morgan fingerprint density at radius 3 is 2.37 bits per heavy atom. The number of carbonyl (C=O) groups is 1. The van der Waals surface area contributed by atoms with E-state index >= 15 is 0 Å². The maximum absolute atomic E-state index is 12.5. The van der Waals surface area contributed by atoms with Crippen LogP contribution in [0.25, 0.3) is 0 Å². The Morgan fingerprint density at radius 2 is 1.89 bits per heavy atom. The standard InChI is InChI=1S/C12H17BrNO4P/c1-9(12(15)17-3)14(2)19(4,16)18-11-7-5-10(13)6-8-11/h5-9H,1-4H3/t9-,19?/m0/s1. The van der Waals surface area contributed by atoms with Crippen LogP contribution >= 0.6 is 23.4 Å². The van der Waals surface area contributed by atoms with E-state index in [0.717, 1.165) is 4.47 Å². The van der Waals surface area contributed by atoms with Crippen molar-refractivity contribution in [3.8, 4) is 5.75 Å². The molecule has 5 nitrogen and oxygen atoms in total. The van der Waals surface area contributed by atoms with Crippen LogP contribution in [0.4, 0.5) is 0 Å². The number of rotatable bonds is 5. The molecular formula is C12H17BrNO4P. The molecule has 0 radical (unpaired) electrons. The fourth-order valence-corrected chi connectivity index (χ4v) is 3.02. The van der Waals surface area contributed by atoms with Crippen LogP contribution in [0.2, 0.25) is 0 Å². The van der Waals surface area contributed by atoms with Gasteiger partial charge in [0.05, 0.1) is 7.11 Å². The van der Waals surface area contributed by atoms with Crippen LogP contribution in [-0.4, -0.2) is 37.5 Å². The van der Waals surface area contributed by atoms with Crippen molar-refractivity contribution >= 4 is 29.4 Å². The topological polar surface area (TPSA) is 55.8 Å². The summed E-state index contributed by atoms with van der Waals surface area (Å²) in [7, 11) is -0.261. The van der Waals surface area contributed by atoms with Crippen LogP contribution in [0.1, 0.15) is 6.92 Å². The van der Waals surface area contributed by atoms with Crippen molar-refractivity contribution in [1.29, 1.82) is 0 Å². The van der Waals surface area contributed by atoms with Gasteiger partial charge in [-0.3, -0.25) is 9.36 Å². The predicted molar refractivity (Wildman–Crippen MR) is 77.5 cm³/mol. The monoisotopic (exact) mass is 349 g/mol. The van der Waals surface area contributed by atoms with Gasteiger partial charge in [0.15, 0.2) is 0 Å². The fraction of sp³-hybridized carbons (Fsp3) is 0.417. The van der Waals surface area contributed by atoms with Crippen LogP contribution in [0.5, 0.6) is 5.75 Å². The molecule has 106 valence electrons. The van der Waals surface area contributed by atoms with Crippen molar-refractivity contribution in [3.05, 3.63) is 28.7 Å². The van der Waals surface area contributed by atoms with Crippen molar-refractivity contribution in [2.75, 3.05) is 20.8 Å². The summed E-state index contributed by atoms with van der Waals surface area (Å²) in [5, 5.41) is 0. The SMILES string of the molecule is COC(=O)[C@H](C)N(C)P(C)(=O)Oc1ccc(Br)cc1. The highest BCUT2D eigenvalue weighted by Gasteiger charge is 2.32. The molecule has 1 aromatic carbocycles. The molecule has 0 aliphatic rings. The Hall–Kier alpha value is -0.840. The molecule has 1 aromatic rings. The van der Waals surface area contributed by atoms with Crippen molar-refractivity contribution in [1.82, 2.24) is 4.67 Å². The van der Waals surface area contributed by atoms with E-state index in [4.69, 9.17) is 4.52 Å². The first kappa shape index (κ1) is 16.2. The fourth-order valence-electron chi connectivity index (χ4n) is 1.39. The van der Waals surface area contributed by atoms with Gasteiger partial charge in [-0.2, -0.15) is 0 Å². The van der Waals surface area contributed by atoms with E-state index in [1.54, 1.807) is 38.2 Å². The van der Waals surface area contributed by atoms with Crippen molar-refractivity contribution in [3.63, 3.8) is 0 Å². The second-order valence-electron chi connectivity index (χ2n) is 4.12. The number of benzene rings is 1. The van der Waals surface area contributed by atoms with Gasteiger partial charge >= 0.3 is 13.5 Å². The highest BCUT2D eigenvalue weighted by Crippen LogP contribution is 2.47. The Kier molecular flexibility index (Phi) is 5.59. The number of hydrogen-bond acceptors (Lipinski definition) is 4. The van der Waals surface area contributed by atoms with Gasteiger partial charge in [0.25, 0.3) is 0 Å². The Morgan fingerprint density at radius 1 is 1.37 bits per heavy atom. The molecular weight excluding hydrogens is 333 g/mol. The van der Waals surface area contributed by atoms with Crippen LogP contribution < -0.4 is 4.52 Å². The smallest absolute Gasteiger partial charge is 0.323 e. The molecule has 0 heterocycles. The van der Waals surface area contributed by atoms with Crippen LogP contribution in [0, 0.1) is 0 Å². The molecule has 0 bridgehead atoms. The lowest BCUT2D eigenvalue weighted by Gasteiger charge is -2.28. The predicted octanol–water partition coefficient (Wildman–Crippen LogP) is 3.14. The van der Waals surface area contributed by atoms with Crippen molar-refractivity contribution in [2.45, 2.75) is 13.0 Å². The van der Waals surface area contributed by atoms with Crippen LogP contribution in [0.3, 0.4) is 0 Å². The molecule has 1 rings (SSSR count). The van der Waals surface area contributed by atoms with E-state index in [1.807, 2.05) is 0 Å². The third-order valence-electron chi connectivity index (χ3n) is 2.76. The zero-order valence-corrected chi connectivity index (χ0v) is 13.8. The summed E-state index contributed by atoms with van der Waals surface area (Å²) < 4.78 is 24.9. The summed E-state index contributed by atoms with van der Waals surface area (Å²) >= 11 is 3.31. The Balaban J connectivity index is 2.83. The van der Waals surface area contributed by atoms with E-state index in [-0.39, 0.29) is 0 Å². The molecule has 1 unspecified atom stereocenters. The molecule has 2 atom stereocenters. The molecule has 0 aliphatic carbocycles. The van der Waals surface area contributed by atoms with Gasteiger partial charge in [0, 0.05) is 11.1 Å². The van der Waals surface area contributed by atoms with Crippen molar-refractivity contribution < 1.29 is 18.6 Å². The highest BCUT2D eigenvalue weighted by molar-refractivity contribution is 9.10. The summed E-state index contributed by atoms with van der Waals surface area (Å²) in [5.41, 5.74) is 0. The Labute approximate surface area is 121 Å². The van der Waals surface area contributed by atoms with Gasteiger partial charge < -0.3 is 9.26 Å². The third-order valence-corrected chi connectivity index (χ3v) is 5.34. The minimum Gasteiger partial charge on any atom is -0.468 e. The first-order chi connectivity index (χ1) is 8.77. The average Bonchev–Trinajstić information content (AvgIpc) is 2.38. The lowest BCUT2D eigenvalue weighted by Crippen LogP contribution is -2.35. The molecule has 0 fully saturated rings. The number of nitrogens with zero attached hydrogens (tertiary/aromatic N) is 1. The zero-order valence-electron chi connectivity index (χ0n) is 11.3. The number of carbonyl (C=O) groups excluding carboxylic acids is 1. The highest BCUT2D eigenvalue weighted by atomic mass is 79.9. The van der Waals surface area contributed by atoms with Gasteiger partial charge in [-0.15, -0.1) is 0 Å². The summed E-state index contributed by atoms with van der Waals surface area (Å²) in [6.07, 6.45) is 0. The summed E-state index contributed by atoms with van der Waals surface area (Å²) in [6, 6.07) is 6.35. The van der Waals surface area contributed by atoms with E-state index in [1.165, 1.54) is 18.4 Å². The number of methoxy groups -OCH3 is 1. The molecule has 0 saturated heterocycles. The van der Waals surface area contributed by atoms with Gasteiger partial charge in [0.1, 0.15) is 11.8 Å². The number of likely N-dealkylation sites (N-methyl/N-ethyl adjacent to an activating group) is 1. The Bertz CT molecular complexity index is 491. The molecule has 0 aliphatic heterocycles. The van der Waals surface area contributed by atoms with Gasteiger partial charge in [-0.1, -0.05) is 15.9 Å². The molecule has 0 N–H and O–H groups in total. The minimum atomic E-state index is -3.13. The lowest BCUT2D eigenvalue weighted by molar-refractivity contribution is -0.144.